The molecule has 0 radical (unpaired) electrons. The van der Waals surface area contributed by atoms with E-state index in [0.717, 1.165) is 62.5 Å². The van der Waals surface area contributed by atoms with Gasteiger partial charge in [-0.3, -0.25) is 0 Å². The van der Waals surface area contributed by atoms with Gasteiger partial charge in [0.15, 0.2) is 0 Å². The van der Waals surface area contributed by atoms with Gasteiger partial charge in [0.25, 0.3) is 0 Å². The highest BCUT2D eigenvalue weighted by Crippen LogP contribution is 2.46. The first-order valence-electron chi connectivity index (χ1n) is 15.3. The van der Waals surface area contributed by atoms with Gasteiger partial charge in [-0.15, -0.1) is 0 Å². The number of rotatable bonds is 22. The Balaban J connectivity index is 2.48. The van der Waals surface area contributed by atoms with E-state index in [2.05, 4.69) is 20.8 Å². The SMILES string of the molecule is CCCCCCCCC(C(O)c1ccccc1)C(OCCCCC)(OCCCCC)C(O)c1ccccc1. The minimum Gasteiger partial charge on any atom is -0.388 e. The van der Waals surface area contributed by atoms with Gasteiger partial charge in [-0.05, 0) is 30.4 Å². The largest absolute Gasteiger partial charge is 0.388 e. The highest BCUT2D eigenvalue weighted by Gasteiger charge is 2.51. The number of benzene rings is 2. The van der Waals surface area contributed by atoms with Crippen LogP contribution in [0.25, 0.3) is 0 Å². The quantitative estimate of drug-likeness (QED) is 0.119. The van der Waals surface area contributed by atoms with Crippen LogP contribution in [0.15, 0.2) is 60.7 Å². The van der Waals surface area contributed by atoms with Crippen LogP contribution in [-0.2, 0) is 9.47 Å². The number of ether oxygens (including phenoxy) is 2. The van der Waals surface area contributed by atoms with Gasteiger partial charge in [-0.1, -0.05) is 146 Å². The summed E-state index contributed by atoms with van der Waals surface area (Å²) in [5, 5.41) is 23.9. The molecule has 0 spiro atoms. The van der Waals surface area contributed by atoms with E-state index in [1.165, 1.54) is 25.7 Å². The fraction of sp³-hybridized carbons (Fsp3) is 0.647. The fourth-order valence-electron chi connectivity index (χ4n) is 5.26. The van der Waals surface area contributed by atoms with Crippen LogP contribution in [0.2, 0.25) is 0 Å². The molecule has 4 heteroatoms. The molecule has 0 aliphatic heterocycles. The average Bonchev–Trinajstić information content (AvgIpc) is 2.96. The summed E-state index contributed by atoms with van der Waals surface area (Å²) >= 11 is 0. The minimum atomic E-state index is -1.35. The lowest BCUT2D eigenvalue weighted by molar-refractivity contribution is -0.327. The van der Waals surface area contributed by atoms with Gasteiger partial charge < -0.3 is 19.7 Å². The third-order valence-electron chi connectivity index (χ3n) is 7.56. The summed E-state index contributed by atoms with van der Waals surface area (Å²) in [6.07, 6.45) is 11.9. The fourth-order valence-corrected chi connectivity index (χ4v) is 5.26. The van der Waals surface area contributed by atoms with Gasteiger partial charge in [0, 0.05) is 5.92 Å². The molecule has 0 bridgehead atoms. The maximum atomic E-state index is 12.0. The van der Waals surface area contributed by atoms with Crippen LogP contribution >= 0.6 is 0 Å². The molecule has 38 heavy (non-hydrogen) atoms. The molecule has 0 aliphatic rings. The lowest BCUT2D eigenvalue weighted by Gasteiger charge is -2.45. The van der Waals surface area contributed by atoms with Crippen molar-refractivity contribution in [1.82, 2.24) is 0 Å². The van der Waals surface area contributed by atoms with Crippen molar-refractivity contribution in [3.05, 3.63) is 71.8 Å². The van der Waals surface area contributed by atoms with E-state index in [1.807, 2.05) is 60.7 Å². The molecular formula is C34H54O4. The van der Waals surface area contributed by atoms with Gasteiger partial charge >= 0.3 is 0 Å². The number of hydrogen-bond acceptors (Lipinski definition) is 4. The van der Waals surface area contributed by atoms with E-state index in [9.17, 15) is 10.2 Å². The lowest BCUT2D eigenvalue weighted by Crippen LogP contribution is -2.51. The van der Waals surface area contributed by atoms with Crippen LogP contribution in [0.3, 0.4) is 0 Å². The normalized spacial score (nSPS) is 14.3. The molecular weight excluding hydrogens is 472 g/mol. The van der Waals surface area contributed by atoms with Gasteiger partial charge in [0.2, 0.25) is 5.79 Å². The van der Waals surface area contributed by atoms with E-state index < -0.39 is 23.9 Å². The maximum Gasteiger partial charge on any atom is 0.204 e. The van der Waals surface area contributed by atoms with Crippen molar-refractivity contribution in [2.75, 3.05) is 13.2 Å². The summed E-state index contributed by atoms with van der Waals surface area (Å²) in [7, 11) is 0. The predicted octanol–water partition coefficient (Wildman–Crippen LogP) is 8.93. The number of hydrogen-bond donors (Lipinski definition) is 2. The lowest BCUT2D eigenvalue weighted by atomic mass is 9.79. The van der Waals surface area contributed by atoms with Gasteiger partial charge in [-0.25, -0.2) is 0 Å². The smallest absolute Gasteiger partial charge is 0.204 e. The van der Waals surface area contributed by atoms with Crippen molar-refractivity contribution in [2.45, 2.75) is 122 Å². The van der Waals surface area contributed by atoms with Crippen molar-refractivity contribution >= 4 is 0 Å². The Bertz CT molecular complexity index is 798. The Morgan fingerprint density at radius 3 is 1.55 bits per heavy atom. The van der Waals surface area contributed by atoms with E-state index in [0.29, 0.717) is 19.6 Å². The van der Waals surface area contributed by atoms with Crippen LogP contribution in [0.4, 0.5) is 0 Å². The molecule has 4 nitrogen and oxygen atoms in total. The van der Waals surface area contributed by atoms with Crippen LogP contribution in [0, 0.1) is 5.92 Å². The maximum absolute atomic E-state index is 12.0. The highest BCUT2D eigenvalue weighted by atomic mass is 16.7. The van der Waals surface area contributed by atoms with E-state index in [-0.39, 0.29) is 0 Å². The molecule has 0 saturated carbocycles. The topological polar surface area (TPSA) is 58.9 Å². The molecule has 214 valence electrons. The Labute approximate surface area is 232 Å². The second-order valence-corrected chi connectivity index (χ2v) is 10.7. The van der Waals surface area contributed by atoms with Crippen molar-refractivity contribution in [2.24, 2.45) is 5.92 Å². The zero-order chi connectivity index (χ0) is 27.5. The number of unbranched alkanes of at least 4 members (excludes halogenated alkanes) is 9. The van der Waals surface area contributed by atoms with Gasteiger partial charge in [-0.2, -0.15) is 0 Å². The molecule has 0 aliphatic carbocycles. The summed E-state index contributed by atoms with van der Waals surface area (Å²) in [5.74, 6) is -1.77. The van der Waals surface area contributed by atoms with Crippen molar-refractivity contribution in [1.29, 1.82) is 0 Å². The first kappa shape index (κ1) is 32.5. The van der Waals surface area contributed by atoms with Crippen LogP contribution < -0.4 is 0 Å². The first-order valence-corrected chi connectivity index (χ1v) is 15.3. The number of aliphatic hydroxyl groups excluding tert-OH is 2. The molecule has 0 amide bonds. The Morgan fingerprint density at radius 2 is 1.03 bits per heavy atom. The molecule has 0 heterocycles. The van der Waals surface area contributed by atoms with Crippen LogP contribution in [-0.4, -0.2) is 29.2 Å². The summed E-state index contributed by atoms with van der Waals surface area (Å²) in [6, 6.07) is 19.5. The molecule has 2 aromatic rings. The Kier molecular flexibility index (Phi) is 16.6. The van der Waals surface area contributed by atoms with E-state index in [4.69, 9.17) is 9.47 Å². The molecule has 2 rings (SSSR count). The van der Waals surface area contributed by atoms with Gasteiger partial charge in [0.1, 0.15) is 6.10 Å². The zero-order valence-electron chi connectivity index (χ0n) is 24.3. The summed E-state index contributed by atoms with van der Waals surface area (Å²) in [6.45, 7) is 7.55. The van der Waals surface area contributed by atoms with Crippen molar-refractivity contribution < 1.29 is 19.7 Å². The predicted molar refractivity (Wildman–Crippen MR) is 158 cm³/mol. The van der Waals surface area contributed by atoms with E-state index >= 15 is 0 Å². The standard InChI is InChI=1S/C34H54O4/c1-4-7-10-11-12-19-26-31(32(35)29-22-15-13-16-23-29)34(37-27-20-8-5-2,38-28-21-9-6-3)33(36)30-24-17-14-18-25-30/h13-18,22-25,31-33,35-36H,4-12,19-21,26-28H2,1-3H3. The van der Waals surface area contributed by atoms with Crippen LogP contribution in [0.1, 0.15) is 128 Å². The molecule has 0 aromatic heterocycles. The first-order chi connectivity index (χ1) is 18.6. The molecule has 0 saturated heterocycles. The number of aliphatic hydroxyl groups is 2. The third kappa shape index (κ3) is 10.4. The summed E-state index contributed by atoms with van der Waals surface area (Å²) < 4.78 is 13.4. The third-order valence-corrected chi connectivity index (χ3v) is 7.56. The highest BCUT2D eigenvalue weighted by molar-refractivity contribution is 5.23. The van der Waals surface area contributed by atoms with Crippen LogP contribution in [0.5, 0.6) is 0 Å². The molecule has 3 unspecified atom stereocenters. The second-order valence-electron chi connectivity index (χ2n) is 10.7. The van der Waals surface area contributed by atoms with Crippen molar-refractivity contribution in [3.8, 4) is 0 Å². The summed E-state index contributed by atoms with van der Waals surface area (Å²) in [5.41, 5.74) is 1.59. The Morgan fingerprint density at radius 1 is 0.579 bits per heavy atom. The van der Waals surface area contributed by atoms with E-state index in [1.54, 1.807) is 0 Å². The minimum absolute atomic E-state index is 0.422. The molecule has 0 fully saturated rings. The zero-order valence-corrected chi connectivity index (χ0v) is 24.3. The average molecular weight is 527 g/mol. The molecule has 2 aromatic carbocycles. The second kappa shape index (κ2) is 19.4. The van der Waals surface area contributed by atoms with Crippen molar-refractivity contribution in [3.63, 3.8) is 0 Å². The Hall–Kier alpha value is -1.72. The monoisotopic (exact) mass is 526 g/mol. The van der Waals surface area contributed by atoms with Gasteiger partial charge in [0.05, 0.1) is 19.3 Å². The summed E-state index contributed by atoms with van der Waals surface area (Å²) in [4.78, 5) is 0. The molecule has 3 atom stereocenters. The molecule has 2 N–H and O–H groups in total.